The third-order valence-electron chi connectivity index (χ3n) is 6.97. The minimum atomic E-state index is -4.91. The zero-order chi connectivity index (χ0) is 16.6. The van der Waals surface area contributed by atoms with Crippen LogP contribution in [0.2, 0.25) is 0 Å². The topological polar surface area (TPSA) is 26.3 Å². The number of rotatable bonds is 1. The quantitative estimate of drug-likeness (QED) is 0.654. The Kier molecular flexibility index (Phi) is 3.24. The van der Waals surface area contributed by atoms with Crippen molar-refractivity contribution in [2.45, 2.75) is 72.1 Å². The molecular weight excluding hydrogens is 293 g/mol. The molecule has 0 aromatic rings. The van der Waals surface area contributed by atoms with Crippen LogP contribution in [-0.4, -0.2) is 18.2 Å². The first-order valence-electron chi connectivity index (χ1n) is 8.22. The van der Waals surface area contributed by atoms with Crippen LogP contribution in [0.4, 0.5) is 13.2 Å². The number of alkyl halides is 3. The molecule has 3 aliphatic rings. The Balaban J connectivity index is 2.01. The van der Waals surface area contributed by atoms with Crippen LogP contribution in [0.25, 0.3) is 0 Å². The van der Waals surface area contributed by atoms with Gasteiger partial charge in [0.15, 0.2) is 0 Å². The van der Waals surface area contributed by atoms with Crippen molar-refractivity contribution < 1.29 is 22.7 Å². The van der Waals surface area contributed by atoms with E-state index < -0.39 is 23.7 Å². The van der Waals surface area contributed by atoms with Gasteiger partial charge in [0.05, 0.1) is 0 Å². The first-order valence-corrected chi connectivity index (χ1v) is 8.22. The monoisotopic (exact) mass is 318 g/mol. The van der Waals surface area contributed by atoms with Crippen LogP contribution in [0.1, 0.15) is 59.8 Å². The first kappa shape index (κ1) is 16.1. The van der Waals surface area contributed by atoms with Crippen LogP contribution >= 0.6 is 0 Å². The summed E-state index contributed by atoms with van der Waals surface area (Å²) >= 11 is 0. The highest BCUT2D eigenvalue weighted by Crippen LogP contribution is 2.76. The van der Waals surface area contributed by atoms with Gasteiger partial charge in [-0.25, -0.2) is 4.79 Å². The average molecular weight is 318 g/mol. The average Bonchev–Trinajstić information content (AvgIpc) is 2.87. The molecule has 3 saturated carbocycles. The Hall–Kier alpha value is -0.740. The van der Waals surface area contributed by atoms with Crippen molar-refractivity contribution >= 4 is 5.97 Å². The van der Waals surface area contributed by atoms with E-state index in [9.17, 15) is 18.0 Å². The van der Waals surface area contributed by atoms with E-state index in [-0.39, 0.29) is 10.8 Å². The summed E-state index contributed by atoms with van der Waals surface area (Å²) in [5, 5.41) is 0. The van der Waals surface area contributed by atoms with Crippen LogP contribution in [0, 0.1) is 28.1 Å². The summed E-state index contributed by atoms with van der Waals surface area (Å²) in [6.45, 7) is 8.31. The molecule has 0 radical (unpaired) electrons. The lowest BCUT2D eigenvalue weighted by molar-refractivity contribution is -0.217. The molecule has 22 heavy (non-hydrogen) atoms. The maximum atomic E-state index is 12.7. The standard InChI is InChI=1S/C17H25F3O2/c1-10-5-8-16-11(10)6-7-15(16,4)9-14(2,3)12(16)22-13(21)17(18,19)20/h10-12H,5-9H2,1-4H3/t10-,11+,12-,15+,16-/m1/s1. The fourth-order valence-corrected chi connectivity index (χ4v) is 6.49. The van der Waals surface area contributed by atoms with Gasteiger partial charge in [-0.15, -0.1) is 0 Å². The molecule has 3 aliphatic carbocycles. The number of carbonyl (C=O) groups excluding carboxylic acids is 1. The van der Waals surface area contributed by atoms with Crippen molar-refractivity contribution in [1.82, 2.24) is 0 Å². The molecule has 0 unspecified atom stereocenters. The third-order valence-corrected chi connectivity index (χ3v) is 6.97. The smallest absolute Gasteiger partial charge is 0.455 e. The van der Waals surface area contributed by atoms with E-state index in [2.05, 4.69) is 13.8 Å². The van der Waals surface area contributed by atoms with Gasteiger partial charge in [-0.05, 0) is 49.4 Å². The lowest BCUT2D eigenvalue weighted by Gasteiger charge is -2.43. The Bertz CT molecular complexity index is 499. The Morgan fingerprint density at radius 1 is 1.14 bits per heavy atom. The fraction of sp³-hybridized carbons (Fsp3) is 0.941. The molecular formula is C17H25F3O2. The summed E-state index contributed by atoms with van der Waals surface area (Å²) in [7, 11) is 0. The van der Waals surface area contributed by atoms with Crippen LogP contribution in [0.3, 0.4) is 0 Å². The molecule has 126 valence electrons. The molecule has 0 amide bonds. The summed E-state index contributed by atoms with van der Waals surface area (Å²) in [6.07, 6.45) is -0.718. The molecule has 0 aromatic carbocycles. The summed E-state index contributed by atoms with van der Waals surface area (Å²) in [6, 6.07) is 0. The highest BCUT2D eigenvalue weighted by molar-refractivity contribution is 5.76. The number of halogens is 3. The number of carbonyl (C=O) groups is 1. The summed E-state index contributed by atoms with van der Waals surface area (Å²) in [4.78, 5) is 11.5. The van der Waals surface area contributed by atoms with Crippen LogP contribution in [0.5, 0.6) is 0 Å². The van der Waals surface area contributed by atoms with Gasteiger partial charge in [0.25, 0.3) is 0 Å². The maximum absolute atomic E-state index is 12.7. The summed E-state index contributed by atoms with van der Waals surface area (Å²) in [5.74, 6) is -1.14. The first-order chi connectivity index (χ1) is 9.94. The van der Waals surface area contributed by atoms with Crippen LogP contribution in [0.15, 0.2) is 0 Å². The predicted molar refractivity (Wildman–Crippen MR) is 76.0 cm³/mol. The Labute approximate surface area is 129 Å². The Morgan fingerprint density at radius 3 is 2.36 bits per heavy atom. The van der Waals surface area contributed by atoms with Crippen LogP contribution < -0.4 is 0 Å². The number of hydrogen-bond acceptors (Lipinski definition) is 2. The zero-order valence-electron chi connectivity index (χ0n) is 13.7. The van der Waals surface area contributed by atoms with Gasteiger partial charge in [-0.3, -0.25) is 0 Å². The number of esters is 1. The normalized spacial score (nSPS) is 46.4. The van der Waals surface area contributed by atoms with E-state index in [0.29, 0.717) is 11.8 Å². The SMILES string of the molecule is C[C@@H]1CC[C@@]23[C@H](OC(=O)C(F)(F)F)C(C)(C)C[C@]2(C)CC[C@@H]13. The molecule has 1 spiro atoms. The summed E-state index contributed by atoms with van der Waals surface area (Å²) < 4.78 is 43.4. The molecule has 5 atom stereocenters. The van der Waals surface area contributed by atoms with Gasteiger partial charge in [0, 0.05) is 10.8 Å². The number of ether oxygens (including phenoxy) is 1. The van der Waals surface area contributed by atoms with Gasteiger partial charge in [-0.1, -0.05) is 27.7 Å². The van der Waals surface area contributed by atoms with Crippen molar-refractivity contribution in [2.75, 3.05) is 0 Å². The van der Waals surface area contributed by atoms with Crippen LogP contribution in [-0.2, 0) is 9.53 Å². The molecule has 0 bridgehead atoms. The lowest BCUT2D eigenvalue weighted by atomic mass is 9.64. The molecule has 0 heterocycles. The molecule has 0 aliphatic heterocycles. The minimum Gasteiger partial charge on any atom is -0.455 e. The zero-order valence-corrected chi connectivity index (χ0v) is 13.7. The van der Waals surface area contributed by atoms with Gasteiger partial charge in [0.1, 0.15) is 6.10 Å². The molecule has 0 N–H and O–H groups in total. The van der Waals surface area contributed by atoms with Crippen molar-refractivity contribution in [1.29, 1.82) is 0 Å². The number of hydrogen-bond donors (Lipinski definition) is 0. The minimum absolute atomic E-state index is 0.0114. The second kappa shape index (κ2) is 4.41. The van der Waals surface area contributed by atoms with E-state index in [1.807, 2.05) is 13.8 Å². The van der Waals surface area contributed by atoms with Crippen molar-refractivity contribution in [3.05, 3.63) is 0 Å². The highest BCUT2D eigenvalue weighted by atomic mass is 19.4. The van der Waals surface area contributed by atoms with E-state index in [4.69, 9.17) is 4.74 Å². The van der Waals surface area contributed by atoms with E-state index in [1.165, 1.54) is 0 Å². The fourth-order valence-electron chi connectivity index (χ4n) is 6.49. The van der Waals surface area contributed by atoms with E-state index in [0.717, 1.165) is 32.1 Å². The largest absolute Gasteiger partial charge is 0.490 e. The van der Waals surface area contributed by atoms with E-state index >= 15 is 0 Å². The van der Waals surface area contributed by atoms with Gasteiger partial charge < -0.3 is 4.74 Å². The second-order valence-electron chi connectivity index (χ2n) is 8.71. The molecule has 5 heteroatoms. The van der Waals surface area contributed by atoms with Gasteiger partial charge in [0.2, 0.25) is 0 Å². The molecule has 2 nitrogen and oxygen atoms in total. The third kappa shape index (κ3) is 1.89. The van der Waals surface area contributed by atoms with Gasteiger partial charge >= 0.3 is 12.1 Å². The van der Waals surface area contributed by atoms with Crippen molar-refractivity contribution in [3.8, 4) is 0 Å². The molecule has 0 saturated heterocycles. The molecule has 3 fully saturated rings. The summed E-state index contributed by atoms with van der Waals surface area (Å²) in [5.41, 5.74) is -0.683. The molecule has 3 rings (SSSR count). The van der Waals surface area contributed by atoms with Crippen molar-refractivity contribution in [3.63, 3.8) is 0 Å². The van der Waals surface area contributed by atoms with Crippen molar-refractivity contribution in [2.24, 2.45) is 28.1 Å². The van der Waals surface area contributed by atoms with Gasteiger partial charge in [-0.2, -0.15) is 13.2 Å². The maximum Gasteiger partial charge on any atom is 0.490 e. The second-order valence-corrected chi connectivity index (χ2v) is 8.71. The predicted octanol–water partition coefficient (Wildman–Crippen LogP) is 4.72. The molecule has 0 aromatic heterocycles. The highest BCUT2D eigenvalue weighted by Gasteiger charge is 2.73. The Morgan fingerprint density at radius 2 is 1.77 bits per heavy atom. The lowest BCUT2D eigenvalue weighted by Crippen LogP contribution is -2.47. The van der Waals surface area contributed by atoms with E-state index in [1.54, 1.807) is 0 Å².